The molecule has 0 bridgehead atoms. The van der Waals surface area contributed by atoms with Gasteiger partial charge >= 0.3 is 0 Å². The second-order valence-corrected chi connectivity index (χ2v) is 3.04. The minimum absolute atomic E-state index is 1.04. The Morgan fingerprint density at radius 3 is 2.23 bits per heavy atom. The Balaban J connectivity index is 2.38. The average Bonchev–Trinajstić information content (AvgIpc) is 2.18. The Bertz CT molecular complexity index is 216. The van der Waals surface area contributed by atoms with Gasteiger partial charge in [0.05, 0.1) is 0 Å². The van der Waals surface area contributed by atoms with Crippen LogP contribution in [-0.4, -0.2) is 0 Å². The van der Waals surface area contributed by atoms with Gasteiger partial charge in [0.1, 0.15) is 0 Å². The van der Waals surface area contributed by atoms with Crippen LogP contribution in [-0.2, 0) is 0 Å². The molecule has 0 N–H and O–H groups in total. The van der Waals surface area contributed by atoms with Crippen molar-refractivity contribution in [3.8, 4) is 0 Å². The molecule has 0 unspecified atom stereocenters. The molecule has 1 rings (SSSR count). The predicted octanol–water partition coefficient (Wildman–Crippen LogP) is 3.99. The van der Waals surface area contributed by atoms with E-state index in [4.69, 9.17) is 0 Å². The molecule has 0 aliphatic heterocycles. The van der Waals surface area contributed by atoms with E-state index in [2.05, 4.69) is 55.0 Å². The van der Waals surface area contributed by atoms with Gasteiger partial charge in [0.2, 0.25) is 0 Å². The lowest BCUT2D eigenvalue weighted by Gasteiger charge is -1.88. The summed E-state index contributed by atoms with van der Waals surface area (Å²) in [4.78, 5) is 0. The van der Waals surface area contributed by atoms with E-state index in [1.807, 2.05) is 0 Å². The summed E-state index contributed by atoms with van der Waals surface area (Å²) in [5.74, 6) is 0. The van der Waals surface area contributed by atoms with Crippen LogP contribution in [0.1, 0.15) is 25.7 Å². The van der Waals surface area contributed by atoms with Crippen LogP contribution < -0.4 is 0 Å². The molecule has 0 aromatic heterocycles. The van der Waals surface area contributed by atoms with E-state index in [9.17, 15) is 0 Å². The summed E-state index contributed by atoms with van der Waals surface area (Å²) in [5.41, 5.74) is 0. The molecular weight excluding hydrogens is 156 g/mol. The smallest absolute Gasteiger partial charge is 0.0164 e. The van der Waals surface area contributed by atoms with Gasteiger partial charge in [0.25, 0.3) is 0 Å². The Morgan fingerprint density at radius 2 is 1.31 bits per heavy atom. The van der Waals surface area contributed by atoms with E-state index in [-0.39, 0.29) is 0 Å². The van der Waals surface area contributed by atoms with E-state index in [0.717, 1.165) is 25.7 Å². The van der Waals surface area contributed by atoms with Crippen LogP contribution >= 0.6 is 0 Å². The molecule has 1 radical (unpaired) electrons. The van der Waals surface area contributed by atoms with Crippen LogP contribution in [0.3, 0.4) is 0 Å². The first kappa shape index (κ1) is 10.0. The van der Waals surface area contributed by atoms with Crippen LogP contribution in [0.5, 0.6) is 0 Å². The molecule has 0 aromatic rings. The zero-order chi connectivity index (χ0) is 9.19. The molecule has 0 amide bonds. The summed E-state index contributed by atoms with van der Waals surface area (Å²) >= 11 is 0. The maximum absolute atomic E-state index is 2.25. The van der Waals surface area contributed by atoms with Gasteiger partial charge in [0.15, 0.2) is 0 Å². The van der Waals surface area contributed by atoms with Crippen molar-refractivity contribution in [2.24, 2.45) is 0 Å². The third-order valence-electron chi connectivity index (χ3n) is 1.87. The molecule has 13 heavy (non-hydrogen) atoms. The molecule has 0 spiro atoms. The summed E-state index contributed by atoms with van der Waals surface area (Å²) in [6, 6.07) is 0. The van der Waals surface area contributed by atoms with Gasteiger partial charge < -0.3 is 0 Å². The van der Waals surface area contributed by atoms with E-state index in [0.29, 0.717) is 0 Å². The van der Waals surface area contributed by atoms with Gasteiger partial charge in [-0.25, -0.2) is 0 Å². The molecule has 1 aliphatic carbocycles. The summed E-state index contributed by atoms with van der Waals surface area (Å²) in [6.45, 7) is 0. The van der Waals surface area contributed by atoms with Crippen LogP contribution in [0.2, 0.25) is 0 Å². The highest BCUT2D eigenvalue weighted by Gasteiger charge is 1.81. The lowest BCUT2D eigenvalue weighted by atomic mass is 10.2. The lowest BCUT2D eigenvalue weighted by Crippen LogP contribution is -1.69. The largest absolute Gasteiger partial charge is 0.0882 e. The van der Waals surface area contributed by atoms with Gasteiger partial charge in [-0.05, 0) is 32.1 Å². The minimum Gasteiger partial charge on any atom is -0.0882 e. The van der Waals surface area contributed by atoms with Crippen molar-refractivity contribution in [2.45, 2.75) is 25.7 Å². The minimum atomic E-state index is 1.04. The molecule has 1 aliphatic rings. The predicted molar refractivity (Wildman–Crippen MR) is 59.3 cm³/mol. The molecule has 0 nitrogen and oxygen atoms in total. The van der Waals surface area contributed by atoms with Gasteiger partial charge in [-0.3, -0.25) is 0 Å². The molecule has 0 heterocycles. The highest BCUT2D eigenvalue weighted by molar-refractivity contribution is 5.09. The second-order valence-electron chi connectivity index (χ2n) is 3.04. The third-order valence-corrected chi connectivity index (χ3v) is 1.87. The summed E-state index contributed by atoms with van der Waals surface area (Å²) in [7, 11) is 0. The van der Waals surface area contributed by atoms with Crippen LogP contribution in [0.4, 0.5) is 0 Å². The third kappa shape index (κ3) is 6.15. The van der Waals surface area contributed by atoms with E-state index >= 15 is 0 Å². The molecular formula is C13H17. The monoisotopic (exact) mass is 173 g/mol. The van der Waals surface area contributed by atoms with Gasteiger partial charge in [0, 0.05) is 0 Å². The fraction of sp³-hybridized carbons (Fsp3) is 0.308. The van der Waals surface area contributed by atoms with Gasteiger partial charge in [-0.15, -0.1) is 0 Å². The molecule has 0 saturated carbocycles. The standard InChI is InChI=1S/C13H17/c1-2-4-6-8-10-12-13-11-9-7-5-3-1/h1-5,8,10-11,13H,6-7,9,12H2/b3-1+,4-2+,10-8+,13-11-. The van der Waals surface area contributed by atoms with Crippen molar-refractivity contribution in [3.63, 3.8) is 0 Å². The highest BCUT2D eigenvalue weighted by atomic mass is 13.9. The van der Waals surface area contributed by atoms with Crippen molar-refractivity contribution in [1.82, 2.24) is 0 Å². The van der Waals surface area contributed by atoms with Crippen LogP contribution in [0.15, 0.2) is 48.6 Å². The van der Waals surface area contributed by atoms with Gasteiger partial charge in [-0.2, -0.15) is 0 Å². The van der Waals surface area contributed by atoms with Gasteiger partial charge in [-0.1, -0.05) is 48.6 Å². The molecule has 0 fully saturated rings. The van der Waals surface area contributed by atoms with Crippen molar-refractivity contribution in [2.75, 3.05) is 0 Å². The fourth-order valence-corrected chi connectivity index (χ4v) is 1.15. The molecule has 0 atom stereocenters. The Kier molecular flexibility index (Phi) is 5.87. The van der Waals surface area contributed by atoms with E-state index in [1.165, 1.54) is 0 Å². The topological polar surface area (TPSA) is 0 Å². The number of rotatable bonds is 0. The number of hydrogen-bond acceptors (Lipinski definition) is 0. The summed E-state index contributed by atoms with van der Waals surface area (Å²) < 4.78 is 0. The first-order chi connectivity index (χ1) is 6.50. The Morgan fingerprint density at radius 1 is 0.538 bits per heavy atom. The number of hydrogen-bond donors (Lipinski definition) is 0. The molecule has 0 heteroatoms. The fourth-order valence-electron chi connectivity index (χ4n) is 1.15. The van der Waals surface area contributed by atoms with Crippen molar-refractivity contribution < 1.29 is 0 Å². The van der Waals surface area contributed by atoms with Crippen molar-refractivity contribution in [1.29, 1.82) is 0 Å². The van der Waals surface area contributed by atoms with Crippen molar-refractivity contribution >= 4 is 0 Å². The quantitative estimate of drug-likeness (QED) is 0.486. The SMILES string of the molecule is [CH]1/C=C/C=C/C/C=C/C/C=C\CC1. The lowest BCUT2D eigenvalue weighted by molar-refractivity contribution is 0.998. The summed E-state index contributed by atoms with van der Waals surface area (Å²) in [6.07, 6.45) is 24.0. The molecule has 69 valence electrons. The normalized spacial score (nSPS) is 28.9. The Labute approximate surface area is 81.4 Å². The zero-order valence-electron chi connectivity index (χ0n) is 8.02. The van der Waals surface area contributed by atoms with Crippen LogP contribution in [0.25, 0.3) is 0 Å². The Hall–Kier alpha value is -1.04. The van der Waals surface area contributed by atoms with E-state index in [1.54, 1.807) is 0 Å². The first-order valence-electron chi connectivity index (χ1n) is 4.95. The maximum atomic E-state index is 2.25. The number of allylic oxidation sites excluding steroid dienone is 8. The molecule has 0 saturated heterocycles. The average molecular weight is 173 g/mol. The van der Waals surface area contributed by atoms with Crippen LogP contribution in [0, 0.1) is 6.42 Å². The van der Waals surface area contributed by atoms with E-state index < -0.39 is 0 Å². The highest BCUT2D eigenvalue weighted by Crippen LogP contribution is 2.00. The summed E-state index contributed by atoms with van der Waals surface area (Å²) in [5, 5.41) is 0. The first-order valence-corrected chi connectivity index (χ1v) is 4.95. The zero-order valence-corrected chi connectivity index (χ0v) is 8.02. The molecule has 0 aromatic carbocycles. The van der Waals surface area contributed by atoms with Crippen molar-refractivity contribution in [3.05, 3.63) is 55.0 Å². The second kappa shape index (κ2) is 7.60. The maximum Gasteiger partial charge on any atom is -0.0164 e.